The number of aromatic nitrogens is 1. The quantitative estimate of drug-likeness (QED) is 0.206. The number of nitrogens with zero attached hydrogens (tertiary/aromatic N) is 1. The Morgan fingerprint density at radius 1 is 0.381 bits per heavy atom. The number of rotatable bonds is 6. The van der Waals surface area contributed by atoms with E-state index in [0.29, 0.717) is 0 Å². The van der Waals surface area contributed by atoms with E-state index in [0.717, 1.165) is 65.6 Å². The first-order valence-corrected chi connectivity index (χ1v) is 15.3. The summed E-state index contributed by atoms with van der Waals surface area (Å²) in [5, 5.41) is 26.6. The fourth-order valence-electron chi connectivity index (χ4n) is 5.27. The van der Waals surface area contributed by atoms with Gasteiger partial charge >= 0.3 is 0 Å². The molecule has 202 valence electrons. The van der Waals surface area contributed by atoms with E-state index in [9.17, 15) is 10.2 Å². The molecule has 0 bridgehead atoms. The molecule has 0 unspecified atom stereocenters. The summed E-state index contributed by atoms with van der Waals surface area (Å²) in [6.45, 7) is 0. The number of hydrogen-bond donors (Lipinski definition) is 2. The van der Waals surface area contributed by atoms with Crippen LogP contribution in [0.25, 0.3) is 65.6 Å². The van der Waals surface area contributed by atoms with Gasteiger partial charge in [0.1, 0.15) is 11.5 Å². The van der Waals surface area contributed by atoms with Crippen LogP contribution in [0, 0.1) is 0 Å². The van der Waals surface area contributed by atoms with Gasteiger partial charge in [0.25, 0.3) is 0 Å². The van der Waals surface area contributed by atoms with Gasteiger partial charge in [0.2, 0.25) is 0 Å². The summed E-state index contributed by atoms with van der Waals surface area (Å²) in [5.41, 5.74) is 9.00. The largest absolute Gasteiger partial charge is 0.506 e. The lowest BCUT2D eigenvalue weighted by molar-refractivity contribution is 0.481. The number of benzene rings is 4. The first-order valence-electron chi connectivity index (χ1n) is 13.6. The molecule has 0 radical (unpaired) electrons. The fourth-order valence-corrected chi connectivity index (χ4v) is 7.29. The first kappa shape index (κ1) is 26.0. The number of aromatic hydroxyl groups is 2. The molecular weight excluding hydrogens is 555 g/mol. The van der Waals surface area contributed by atoms with Gasteiger partial charge in [-0.25, -0.2) is 4.98 Å². The maximum absolute atomic E-state index is 11.3. The Morgan fingerprint density at radius 3 is 1.19 bits per heavy atom. The molecule has 0 amide bonds. The van der Waals surface area contributed by atoms with Gasteiger partial charge in [-0.1, -0.05) is 115 Å². The Kier molecular flexibility index (Phi) is 6.88. The van der Waals surface area contributed by atoms with E-state index in [2.05, 4.69) is 0 Å². The van der Waals surface area contributed by atoms with Gasteiger partial charge in [-0.05, 0) is 23.3 Å². The molecule has 0 fully saturated rings. The highest BCUT2D eigenvalue weighted by Crippen LogP contribution is 2.48. The Bertz CT molecular complexity index is 1870. The zero-order chi connectivity index (χ0) is 28.5. The Morgan fingerprint density at radius 2 is 0.762 bits per heavy atom. The Hall–Kier alpha value is -4.97. The normalized spacial score (nSPS) is 11.0. The molecule has 42 heavy (non-hydrogen) atoms. The highest BCUT2D eigenvalue weighted by molar-refractivity contribution is 7.15. The Balaban J connectivity index is 1.30. The lowest BCUT2D eigenvalue weighted by Gasteiger charge is -2.12. The van der Waals surface area contributed by atoms with Crippen LogP contribution in [0.2, 0.25) is 0 Å². The molecule has 7 aromatic rings. The lowest BCUT2D eigenvalue weighted by Crippen LogP contribution is -1.91. The molecule has 0 aliphatic carbocycles. The van der Waals surface area contributed by atoms with Crippen molar-refractivity contribution in [2.75, 3.05) is 0 Å². The molecule has 0 aliphatic heterocycles. The van der Waals surface area contributed by atoms with Gasteiger partial charge in [-0.15, -0.1) is 22.7 Å². The topological polar surface area (TPSA) is 53.4 Å². The molecule has 3 nitrogen and oxygen atoms in total. The summed E-state index contributed by atoms with van der Waals surface area (Å²) >= 11 is 3.06. The average Bonchev–Trinajstić information content (AvgIpc) is 3.64. The van der Waals surface area contributed by atoms with Crippen LogP contribution >= 0.6 is 22.7 Å². The lowest BCUT2D eigenvalue weighted by atomic mass is 9.98. The summed E-state index contributed by atoms with van der Waals surface area (Å²) in [6.07, 6.45) is 0. The third-order valence-corrected chi connectivity index (χ3v) is 9.35. The maximum atomic E-state index is 11.3. The molecule has 5 heteroatoms. The zero-order valence-corrected chi connectivity index (χ0v) is 24.1. The average molecular weight is 580 g/mol. The van der Waals surface area contributed by atoms with Crippen LogP contribution < -0.4 is 0 Å². The fraction of sp³-hybridized carbons (Fsp3) is 0. The van der Waals surface area contributed by atoms with E-state index in [1.54, 1.807) is 0 Å². The van der Waals surface area contributed by atoms with Gasteiger partial charge in [-0.3, -0.25) is 0 Å². The van der Waals surface area contributed by atoms with Crippen molar-refractivity contribution >= 4 is 22.7 Å². The molecule has 7 rings (SSSR count). The molecule has 0 spiro atoms. The molecule has 3 heterocycles. The second kappa shape index (κ2) is 11.1. The van der Waals surface area contributed by atoms with Crippen molar-refractivity contribution < 1.29 is 10.2 Å². The van der Waals surface area contributed by atoms with E-state index in [-0.39, 0.29) is 11.5 Å². The van der Waals surface area contributed by atoms with Crippen LogP contribution in [-0.4, -0.2) is 15.2 Å². The van der Waals surface area contributed by atoms with Crippen molar-refractivity contribution in [2.24, 2.45) is 0 Å². The van der Waals surface area contributed by atoms with Crippen LogP contribution in [-0.2, 0) is 0 Å². The van der Waals surface area contributed by atoms with Crippen molar-refractivity contribution in [1.29, 1.82) is 0 Å². The van der Waals surface area contributed by atoms with Crippen molar-refractivity contribution in [3.8, 4) is 77.1 Å². The highest BCUT2D eigenvalue weighted by Gasteiger charge is 2.20. The van der Waals surface area contributed by atoms with Gasteiger partial charge in [-0.2, -0.15) is 0 Å². The summed E-state index contributed by atoms with van der Waals surface area (Å²) in [5.74, 6) is 0.560. The van der Waals surface area contributed by atoms with Crippen molar-refractivity contribution in [2.45, 2.75) is 0 Å². The zero-order valence-electron chi connectivity index (χ0n) is 22.4. The molecular formula is C37H25NO2S2. The Labute approximate surface area is 252 Å². The number of thiophene rings is 2. The van der Waals surface area contributed by atoms with E-state index in [1.807, 2.05) is 138 Å². The molecule has 3 aromatic heterocycles. The van der Waals surface area contributed by atoms with Crippen LogP contribution in [0.15, 0.2) is 138 Å². The van der Waals surface area contributed by atoms with Gasteiger partial charge < -0.3 is 10.2 Å². The van der Waals surface area contributed by atoms with Crippen molar-refractivity contribution in [3.63, 3.8) is 0 Å². The summed E-state index contributed by atoms with van der Waals surface area (Å²) < 4.78 is 0. The minimum absolute atomic E-state index is 0.280. The number of pyridine rings is 1. The SMILES string of the molecule is Oc1c(-c2ccccc2)csc1-c1ccccc1-c1cccc(-c2ccccc2-c2scc(-c3ccccc3)c2O)n1. The van der Waals surface area contributed by atoms with Crippen molar-refractivity contribution in [3.05, 3.63) is 138 Å². The van der Waals surface area contributed by atoms with Crippen LogP contribution in [0.4, 0.5) is 0 Å². The second-order valence-electron chi connectivity index (χ2n) is 9.89. The van der Waals surface area contributed by atoms with E-state index < -0.39 is 0 Å². The van der Waals surface area contributed by atoms with Gasteiger partial charge in [0.15, 0.2) is 0 Å². The smallest absolute Gasteiger partial charge is 0.142 e. The maximum Gasteiger partial charge on any atom is 0.142 e. The summed E-state index contributed by atoms with van der Waals surface area (Å²) in [4.78, 5) is 6.75. The van der Waals surface area contributed by atoms with Gasteiger partial charge in [0, 0.05) is 44.1 Å². The first-order chi connectivity index (χ1) is 20.7. The van der Waals surface area contributed by atoms with E-state index >= 15 is 0 Å². The molecule has 0 aliphatic rings. The minimum Gasteiger partial charge on any atom is -0.506 e. The standard InChI is InChI=1S/C37H25NO2S2/c39-34-30(24-12-3-1-4-13-24)22-41-36(34)28-18-9-7-16-26(28)32-20-11-21-33(38-32)27-17-8-10-19-29(27)37-35(40)31(23-42-37)25-14-5-2-6-15-25/h1-23,39-40H. The van der Waals surface area contributed by atoms with Crippen LogP contribution in [0.3, 0.4) is 0 Å². The van der Waals surface area contributed by atoms with Crippen molar-refractivity contribution in [1.82, 2.24) is 4.98 Å². The second-order valence-corrected chi connectivity index (χ2v) is 11.6. The number of hydrogen-bond acceptors (Lipinski definition) is 5. The third-order valence-electron chi connectivity index (χ3n) is 7.34. The van der Waals surface area contributed by atoms with E-state index in [4.69, 9.17) is 4.98 Å². The predicted molar refractivity (Wildman–Crippen MR) is 176 cm³/mol. The summed E-state index contributed by atoms with van der Waals surface area (Å²) in [7, 11) is 0. The molecule has 0 saturated carbocycles. The highest BCUT2D eigenvalue weighted by atomic mass is 32.1. The third kappa shape index (κ3) is 4.69. The minimum atomic E-state index is 0.280. The van der Waals surface area contributed by atoms with Gasteiger partial charge in [0.05, 0.1) is 21.1 Å². The van der Waals surface area contributed by atoms with E-state index in [1.165, 1.54) is 22.7 Å². The molecule has 0 saturated heterocycles. The summed E-state index contributed by atoms with van der Waals surface area (Å²) in [6, 6.07) is 42.1. The molecule has 0 atom stereocenters. The predicted octanol–water partition coefficient (Wildman–Crippen LogP) is 10.6. The van der Waals surface area contributed by atoms with Crippen LogP contribution in [0.5, 0.6) is 11.5 Å². The molecule has 4 aromatic carbocycles. The molecule has 2 N–H and O–H groups in total. The van der Waals surface area contributed by atoms with Crippen LogP contribution in [0.1, 0.15) is 0 Å². The monoisotopic (exact) mass is 579 g/mol.